The van der Waals surface area contributed by atoms with E-state index >= 15 is 0 Å². The number of imidazole rings is 2. The topological polar surface area (TPSA) is 72.0 Å². The quantitative estimate of drug-likeness (QED) is 0.411. The molecule has 31 heavy (non-hydrogen) atoms. The van der Waals surface area contributed by atoms with Crippen LogP contribution in [0.25, 0.3) is 11.3 Å². The molecule has 4 aromatic heterocycles. The Kier molecular flexibility index (Phi) is 4.80. The first-order chi connectivity index (χ1) is 15.0. The molecule has 8 heteroatoms. The number of hydrogen-bond donors (Lipinski definition) is 0. The Balaban J connectivity index is 1.58. The highest BCUT2D eigenvalue weighted by atomic mass is 32.2. The van der Waals surface area contributed by atoms with Crippen LogP contribution < -0.4 is 0 Å². The molecular weight excluding hydrogens is 410 g/mol. The van der Waals surface area contributed by atoms with E-state index in [-0.39, 0.29) is 18.0 Å². The fourth-order valence-corrected chi connectivity index (χ4v) is 5.03. The second kappa shape index (κ2) is 7.64. The van der Waals surface area contributed by atoms with Gasteiger partial charge in [-0.15, -0.1) is 0 Å². The molecule has 0 spiro atoms. The van der Waals surface area contributed by atoms with Gasteiger partial charge in [0.2, 0.25) is 10.0 Å². The summed E-state index contributed by atoms with van der Waals surface area (Å²) in [5.74, 6) is 0. The largest absolute Gasteiger partial charge is 0.303 e. The fraction of sp³-hybridized carbons (Fsp3) is 0.130. The fourth-order valence-electron chi connectivity index (χ4n) is 3.65. The molecule has 5 rings (SSSR count). The monoisotopic (exact) mass is 431 g/mol. The Hall–Kier alpha value is -3.49. The zero-order valence-corrected chi connectivity index (χ0v) is 17.8. The molecular formula is C23H21N5O2S. The molecule has 7 nitrogen and oxygen atoms in total. The molecule has 0 fully saturated rings. The van der Waals surface area contributed by atoms with Gasteiger partial charge in [0, 0.05) is 12.4 Å². The lowest BCUT2D eigenvalue weighted by Crippen LogP contribution is -2.31. The standard InChI is InChI=1S/C23H21N5O2S/c1-18-8-10-21(11-9-18)31(29,30)26(16-19-14-24-22-6-2-4-12-27(19)22)17-20-15-25-23-7-3-5-13-28(20)23/h2-15H,16-17H2,1H3. The van der Waals surface area contributed by atoms with E-state index in [1.54, 1.807) is 24.5 Å². The number of pyridine rings is 2. The van der Waals surface area contributed by atoms with Crippen LogP contribution in [-0.4, -0.2) is 31.5 Å². The summed E-state index contributed by atoms with van der Waals surface area (Å²) in [5, 5.41) is 0. The van der Waals surface area contributed by atoms with Crippen molar-refractivity contribution < 1.29 is 8.42 Å². The summed E-state index contributed by atoms with van der Waals surface area (Å²) >= 11 is 0. The highest BCUT2D eigenvalue weighted by molar-refractivity contribution is 7.89. The Morgan fingerprint density at radius 3 is 1.81 bits per heavy atom. The minimum absolute atomic E-state index is 0.182. The predicted octanol–water partition coefficient (Wildman–Crippen LogP) is 3.68. The van der Waals surface area contributed by atoms with Gasteiger partial charge in [0.05, 0.1) is 41.8 Å². The van der Waals surface area contributed by atoms with Crippen molar-refractivity contribution in [3.05, 3.63) is 102 Å². The second-order valence-electron chi connectivity index (χ2n) is 7.44. The van der Waals surface area contributed by atoms with Gasteiger partial charge in [-0.1, -0.05) is 29.8 Å². The molecule has 0 radical (unpaired) electrons. The molecule has 0 aliphatic heterocycles. The highest BCUT2D eigenvalue weighted by Crippen LogP contribution is 2.22. The average molecular weight is 432 g/mol. The Morgan fingerprint density at radius 1 is 0.774 bits per heavy atom. The van der Waals surface area contributed by atoms with Crippen molar-refractivity contribution in [1.29, 1.82) is 0 Å². The number of benzene rings is 1. The predicted molar refractivity (Wildman–Crippen MR) is 118 cm³/mol. The Labute approximate surface area is 180 Å². The minimum atomic E-state index is -3.76. The van der Waals surface area contributed by atoms with Crippen molar-refractivity contribution in [2.45, 2.75) is 24.9 Å². The van der Waals surface area contributed by atoms with Crippen molar-refractivity contribution in [2.24, 2.45) is 0 Å². The average Bonchev–Trinajstić information content (AvgIpc) is 3.38. The van der Waals surface area contributed by atoms with Gasteiger partial charge in [-0.2, -0.15) is 4.31 Å². The van der Waals surface area contributed by atoms with Gasteiger partial charge in [-0.05, 0) is 43.3 Å². The molecule has 0 saturated carbocycles. The minimum Gasteiger partial charge on any atom is -0.303 e. The summed E-state index contributed by atoms with van der Waals surface area (Å²) in [6.07, 6.45) is 7.23. The van der Waals surface area contributed by atoms with E-state index in [1.807, 2.05) is 76.6 Å². The number of nitrogens with zero attached hydrogens (tertiary/aromatic N) is 5. The van der Waals surface area contributed by atoms with Crippen LogP contribution in [0.1, 0.15) is 17.0 Å². The van der Waals surface area contributed by atoms with Gasteiger partial charge in [-0.25, -0.2) is 18.4 Å². The van der Waals surface area contributed by atoms with Crippen LogP contribution in [0.5, 0.6) is 0 Å². The van der Waals surface area contributed by atoms with E-state index in [0.717, 1.165) is 28.2 Å². The van der Waals surface area contributed by atoms with Crippen LogP contribution in [0.15, 0.2) is 90.3 Å². The van der Waals surface area contributed by atoms with E-state index in [0.29, 0.717) is 0 Å². The smallest absolute Gasteiger partial charge is 0.243 e. The molecule has 0 bridgehead atoms. The third kappa shape index (κ3) is 3.60. The van der Waals surface area contributed by atoms with Crippen LogP contribution in [-0.2, 0) is 23.1 Å². The van der Waals surface area contributed by atoms with Crippen LogP contribution in [0.4, 0.5) is 0 Å². The van der Waals surface area contributed by atoms with Crippen LogP contribution in [0.2, 0.25) is 0 Å². The molecule has 0 N–H and O–H groups in total. The molecule has 0 saturated heterocycles. The summed E-state index contributed by atoms with van der Waals surface area (Å²) in [7, 11) is -3.76. The zero-order chi connectivity index (χ0) is 21.4. The molecule has 5 aromatic rings. The number of hydrogen-bond acceptors (Lipinski definition) is 4. The van der Waals surface area contributed by atoms with E-state index in [4.69, 9.17) is 0 Å². The molecule has 0 aliphatic carbocycles. The summed E-state index contributed by atoms with van der Waals surface area (Å²) in [6.45, 7) is 2.30. The van der Waals surface area contributed by atoms with Crippen LogP contribution in [0, 0.1) is 6.92 Å². The SMILES string of the molecule is Cc1ccc(S(=O)(=O)N(Cc2cnc3ccccn23)Cc2cnc3ccccn23)cc1. The van der Waals surface area contributed by atoms with Gasteiger partial charge < -0.3 is 8.80 Å². The Morgan fingerprint density at radius 2 is 1.29 bits per heavy atom. The van der Waals surface area contributed by atoms with E-state index in [2.05, 4.69) is 9.97 Å². The normalized spacial score (nSPS) is 12.2. The molecule has 0 amide bonds. The number of sulfonamides is 1. The number of fused-ring (bicyclic) bond motifs is 2. The lowest BCUT2D eigenvalue weighted by atomic mass is 10.2. The summed E-state index contributed by atoms with van der Waals surface area (Å²) < 4.78 is 32.6. The van der Waals surface area contributed by atoms with Crippen molar-refractivity contribution in [3.8, 4) is 0 Å². The van der Waals surface area contributed by atoms with E-state index < -0.39 is 10.0 Å². The summed E-state index contributed by atoms with van der Waals surface area (Å²) in [6, 6.07) is 18.3. The molecule has 156 valence electrons. The van der Waals surface area contributed by atoms with Crippen molar-refractivity contribution >= 4 is 21.3 Å². The van der Waals surface area contributed by atoms with Crippen molar-refractivity contribution in [1.82, 2.24) is 23.1 Å². The van der Waals surface area contributed by atoms with Gasteiger partial charge in [0.25, 0.3) is 0 Å². The van der Waals surface area contributed by atoms with Crippen molar-refractivity contribution in [3.63, 3.8) is 0 Å². The maximum absolute atomic E-state index is 13.6. The van der Waals surface area contributed by atoms with Gasteiger partial charge >= 0.3 is 0 Å². The number of aryl methyl sites for hydroxylation is 1. The molecule has 4 heterocycles. The first-order valence-corrected chi connectivity index (χ1v) is 11.4. The maximum Gasteiger partial charge on any atom is 0.243 e. The van der Waals surface area contributed by atoms with E-state index in [1.165, 1.54) is 4.31 Å². The molecule has 0 unspecified atom stereocenters. The number of rotatable bonds is 6. The molecule has 0 atom stereocenters. The molecule has 0 aliphatic rings. The Bertz CT molecular complexity index is 1390. The number of aromatic nitrogens is 4. The van der Waals surface area contributed by atoms with Gasteiger partial charge in [0.1, 0.15) is 11.3 Å². The second-order valence-corrected chi connectivity index (χ2v) is 9.38. The van der Waals surface area contributed by atoms with Crippen LogP contribution in [0.3, 0.4) is 0 Å². The first-order valence-electron chi connectivity index (χ1n) is 9.91. The zero-order valence-electron chi connectivity index (χ0n) is 17.0. The molecule has 1 aromatic carbocycles. The van der Waals surface area contributed by atoms with Crippen molar-refractivity contribution in [2.75, 3.05) is 0 Å². The highest BCUT2D eigenvalue weighted by Gasteiger charge is 2.27. The summed E-state index contributed by atoms with van der Waals surface area (Å²) in [4.78, 5) is 9.08. The van der Waals surface area contributed by atoms with E-state index in [9.17, 15) is 8.42 Å². The summed E-state index contributed by atoms with van der Waals surface area (Å²) in [5.41, 5.74) is 4.15. The third-order valence-electron chi connectivity index (χ3n) is 5.32. The first kappa shape index (κ1) is 19.5. The van der Waals surface area contributed by atoms with Gasteiger partial charge in [0.15, 0.2) is 0 Å². The van der Waals surface area contributed by atoms with Crippen LogP contribution >= 0.6 is 0 Å². The lowest BCUT2D eigenvalue weighted by molar-refractivity contribution is 0.391. The maximum atomic E-state index is 13.6. The van der Waals surface area contributed by atoms with Gasteiger partial charge in [-0.3, -0.25) is 0 Å². The third-order valence-corrected chi connectivity index (χ3v) is 7.13. The lowest BCUT2D eigenvalue weighted by Gasteiger charge is -2.22.